The summed E-state index contributed by atoms with van der Waals surface area (Å²) < 4.78 is 13.3. The fourth-order valence-electron chi connectivity index (χ4n) is 3.47. The fourth-order valence-corrected chi connectivity index (χ4v) is 3.79. The first-order valence-corrected chi connectivity index (χ1v) is 11.3. The number of aliphatic hydroxyl groups is 1. The molecule has 0 radical (unpaired) electrons. The predicted octanol–water partition coefficient (Wildman–Crippen LogP) is 4.44. The highest BCUT2D eigenvalue weighted by molar-refractivity contribution is 6.42. The van der Waals surface area contributed by atoms with Crippen LogP contribution >= 0.6 is 23.2 Å². The van der Waals surface area contributed by atoms with Gasteiger partial charge in [-0.05, 0) is 49.1 Å². The summed E-state index contributed by atoms with van der Waals surface area (Å²) in [5.74, 6) is 0.168. The molecule has 0 aliphatic heterocycles. The molecule has 2 atom stereocenters. The molecular weight excluding hydrogens is 465 g/mol. The second-order valence-electron chi connectivity index (χ2n) is 7.67. The first-order chi connectivity index (χ1) is 15.8. The van der Waals surface area contributed by atoms with Crippen molar-refractivity contribution in [2.45, 2.75) is 38.5 Å². The minimum Gasteiger partial charge on any atom is -0.491 e. The molecule has 3 N–H and O–H groups in total. The van der Waals surface area contributed by atoms with Crippen molar-refractivity contribution in [3.63, 3.8) is 0 Å². The molecule has 3 aromatic rings. The molecule has 33 heavy (non-hydrogen) atoms. The lowest BCUT2D eigenvalue weighted by Crippen LogP contribution is -2.21. The number of aliphatic hydroxyl groups excluding tert-OH is 1. The van der Waals surface area contributed by atoms with Crippen LogP contribution in [0.15, 0.2) is 55.0 Å². The molecule has 1 heterocycles. The third-order valence-corrected chi connectivity index (χ3v) is 5.95. The molecule has 9 heteroatoms. The molecular formula is C24H27Cl2N3O4. The van der Waals surface area contributed by atoms with E-state index in [0.29, 0.717) is 42.7 Å². The Bertz CT molecular complexity index is 1070. The van der Waals surface area contributed by atoms with Crippen molar-refractivity contribution in [1.29, 1.82) is 0 Å². The van der Waals surface area contributed by atoms with Gasteiger partial charge < -0.3 is 24.9 Å². The van der Waals surface area contributed by atoms with Crippen LogP contribution < -0.4 is 10.5 Å². The van der Waals surface area contributed by atoms with Gasteiger partial charge in [0.2, 0.25) is 0 Å². The van der Waals surface area contributed by atoms with E-state index in [-0.39, 0.29) is 11.7 Å². The molecule has 0 fully saturated rings. The van der Waals surface area contributed by atoms with Crippen molar-refractivity contribution in [3.05, 3.63) is 81.9 Å². The lowest BCUT2D eigenvalue weighted by atomic mass is 10.0. The molecule has 2 unspecified atom stereocenters. The highest BCUT2D eigenvalue weighted by Crippen LogP contribution is 2.25. The zero-order chi connectivity index (χ0) is 23.8. The molecule has 176 valence electrons. The van der Waals surface area contributed by atoms with Crippen LogP contribution in [0, 0.1) is 0 Å². The Kier molecular flexibility index (Phi) is 9.14. The summed E-state index contributed by atoms with van der Waals surface area (Å²) in [4.78, 5) is 15.3. The predicted molar refractivity (Wildman–Crippen MR) is 128 cm³/mol. The van der Waals surface area contributed by atoms with E-state index >= 15 is 0 Å². The second-order valence-corrected chi connectivity index (χ2v) is 8.49. The summed E-state index contributed by atoms with van der Waals surface area (Å²) in [6.07, 6.45) is 3.74. The van der Waals surface area contributed by atoms with Gasteiger partial charge in [-0.2, -0.15) is 0 Å². The summed E-state index contributed by atoms with van der Waals surface area (Å²) >= 11 is 12.0. The molecule has 0 aliphatic rings. The average molecular weight is 492 g/mol. The summed E-state index contributed by atoms with van der Waals surface area (Å²) in [7, 11) is 0. The highest BCUT2D eigenvalue weighted by atomic mass is 35.5. The monoisotopic (exact) mass is 491 g/mol. The maximum Gasteiger partial charge on any atom is 0.268 e. The SMILES string of the molecule is CC(O)C(CCc1ccccc1OCCOCc1ccc(Cl)c(Cl)c1)n1cnc(C(N)=O)c1. The number of amides is 1. The van der Waals surface area contributed by atoms with Crippen LogP contribution in [0.4, 0.5) is 0 Å². The summed E-state index contributed by atoms with van der Waals surface area (Å²) in [5, 5.41) is 11.3. The standard InChI is InChI=1S/C24H27Cl2N3O4/c1-16(30)22(29-13-21(24(27)31)28-15-29)9-7-18-4-2-3-5-23(18)33-11-10-32-14-17-6-8-19(25)20(26)12-17/h2-6,8,12-13,15-16,22,30H,7,9-11,14H2,1H3,(H2,27,31). The minimum atomic E-state index is -0.636. The largest absolute Gasteiger partial charge is 0.491 e. The number of carbonyl (C=O) groups is 1. The van der Waals surface area contributed by atoms with E-state index in [1.807, 2.05) is 30.3 Å². The number of primary amides is 1. The normalized spacial score (nSPS) is 13.0. The molecule has 3 rings (SSSR count). The van der Waals surface area contributed by atoms with Gasteiger partial charge in [-0.25, -0.2) is 4.98 Å². The number of hydrogen-bond donors (Lipinski definition) is 2. The van der Waals surface area contributed by atoms with Crippen LogP contribution in [0.1, 0.15) is 41.0 Å². The van der Waals surface area contributed by atoms with Crippen LogP contribution in [0.5, 0.6) is 5.75 Å². The van der Waals surface area contributed by atoms with Gasteiger partial charge in [-0.3, -0.25) is 4.79 Å². The molecule has 7 nitrogen and oxygen atoms in total. The molecule has 1 amide bonds. The van der Waals surface area contributed by atoms with E-state index in [1.165, 1.54) is 6.33 Å². The summed E-state index contributed by atoms with van der Waals surface area (Å²) in [5.41, 5.74) is 7.41. The number of imidazole rings is 1. The topological polar surface area (TPSA) is 99.6 Å². The van der Waals surface area contributed by atoms with Crippen LogP contribution in [0.3, 0.4) is 0 Å². The number of carbonyl (C=O) groups excluding carboxylic acids is 1. The quantitative estimate of drug-likeness (QED) is 0.364. The van der Waals surface area contributed by atoms with E-state index < -0.39 is 12.0 Å². The van der Waals surface area contributed by atoms with Crippen molar-refractivity contribution in [2.24, 2.45) is 5.73 Å². The van der Waals surface area contributed by atoms with Crippen molar-refractivity contribution in [2.75, 3.05) is 13.2 Å². The number of rotatable bonds is 12. The van der Waals surface area contributed by atoms with Crippen LogP contribution in [0.2, 0.25) is 10.0 Å². The third kappa shape index (κ3) is 7.20. The van der Waals surface area contributed by atoms with Crippen molar-refractivity contribution in [3.8, 4) is 5.75 Å². The summed E-state index contributed by atoms with van der Waals surface area (Å²) in [6.45, 7) is 2.93. The number of aromatic nitrogens is 2. The Morgan fingerprint density at radius 3 is 2.67 bits per heavy atom. The van der Waals surface area contributed by atoms with Crippen molar-refractivity contribution < 1.29 is 19.4 Å². The number of halogens is 2. The van der Waals surface area contributed by atoms with E-state index in [1.54, 1.807) is 29.8 Å². The maximum atomic E-state index is 11.3. The Labute approximate surface area is 203 Å². The van der Waals surface area contributed by atoms with Gasteiger partial charge in [0.15, 0.2) is 0 Å². The van der Waals surface area contributed by atoms with E-state index in [0.717, 1.165) is 16.9 Å². The Balaban J connectivity index is 1.52. The average Bonchev–Trinajstić information content (AvgIpc) is 3.27. The van der Waals surface area contributed by atoms with Gasteiger partial charge in [-0.15, -0.1) is 0 Å². The van der Waals surface area contributed by atoms with Gasteiger partial charge in [0.25, 0.3) is 5.91 Å². The van der Waals surface area contributed by atoms with Crippen LogP contribution in [-0.4, -0.2) is 39.9 Å². The first kappa shape index (κ1) is 25.1. The number of nitrogens with two attached hydrogens (primary N) is 1. The Morgan fingerprint density at radius 2 is 1.97 bits per heavy atom. The number of benzene rings is 2. The lowest BCUT2D eigenvalue weighted by molar-refractivity contribution is 0.0884. The van der Waals surface area contributed by atoms with E-state index in [2.05, 4.69) is 4.98 Å². The number of ether oxygens (including phenoxy) is 2. The van der Waals surface area contributed by atoms with Gasteiger partial charge >= 0.3 is 0 Å². The molecule has 0 bridgehead atoms. The van der Waals surface area contributed by atoms with Crippen LogP contribution in [-0.2, 0) is 17.8 Å². The molecule has 0 aliphatic carbocycles. The second kappa shape index (κ2) is 12.0. The third-order valence-electron chi connectivity index (χ3n) is 5.21. The maximum absolute atomic E-state index is 11.3. The highest BCUT2D eigenvalue weighted by Gasteiger charge is 2.19. The lowest BCUT2D eigenvalue weighted by Gasteiger charge is -2.22. The minimum absolute atomic E-state index is 0.172. The van der Waals surface area contributed by atoms with Gasteiger partial charge in [0, 0.05) is 6.20 Å². The number of nitrogens with zero attached hydrogens (tertiary/aromatic N) is 2. The number of hydrogen-bond acceptors (Lipinski definition) is 5. The summed E-state index contributed by atoms with van der Waals surface area (Å²) in [6, 6.07) is 12.9. The number of aryl methyl sites for hydroxylation is 1. The molecule has 0 saturated carbocycles. The Hall–Kier alpha value is -2.58. The zero-order valence-corrected chi connectivity index (χ0v) is 19.8. The van der Waals surface area contributed by atoms with Crippen molar-refractivity contribution in [1.82, 2.24) is 9.55 Å². The molecule has 0 spiro atoms. The van der Waals surface area contributed by atoms with Crippen molar-refractivity contribution >= 4 is 29.1 Å². The zero-order valence-electron chi connectivity index (χ0n) is 18.3. The number of para-hydroxylation sites is 1. The fraction of sp³-hybridized carbons (Fsp3) is 0.333. The first-order valence-electron chi connectivity index (χ1n) is 10.6. The Morgan fingerprint density at radius 1 is 1.18 bits per heavy atom. The van der Waals surface area contributed by atoms with Gasteiger partial charge in [-0.1, -0.05) is 47.5 Å². The molecule has 0 saturated heterocycles. The van der Waals surface area contributed by atoms with Gasteiger partial charge in [0.05, 0.1) is 41.7 Å². The molecule has 2 aromatic carbocycles. The molecule has 1 aromatic heterocycles. The van der Waals surface area contributed by atoms with E-state index in [4.69, 9.17) is 38.4 Å². The van der Waals surface area contributed by atoms with Crippen LogP contribution in [0.25, 0.3) is 0 Å². The smallest absolute Gasteiger partial charge is 0.268 e. The van der Waals surface area contributed by atoms with Gasteiger partial charge in [0.1, 0.15) is 18.1 Å². The van der Waals surface area contributed by atoms with E-state index in [9.17, 15) is 9.90 Å².